The lowest BCUT2D eigenvalue weighted by atomic mass is 10.2. The summed E-state index contributed by atoms with van der Waals surface area (Å²) in [5.74, 6) is 0.747. The van der Waals surface area contributed by atoms with Gasteiger partial charge in [-0.15, -0.1) is 0 Å². The van der Waals surface area contributed by atoms with Crippen LogP contribution >= 0.6 is 22.6 Å². The molecule has 0 saturated heterocycles. The van der Waals surface area contributed by atoms with Gasteiger partial charge < -0.3 is 14.8 Å². The van der Waals surface area contributed by atoms with E-state index in [1.54, 1.807) is 18.2 Å². The molecule has 0 bridgehead atoms. The zero-order valence-electron chi connectivity index (χ0n) is 17.0. The van der Waals surface area contributed by atoms with Crippen molar-refractivity contribution < 1.29 is 18.7 Å². The minimum absolute atomic E-state index is 0.207. The van der Waals surface area contributed by atoms with Gasteiger partial charge in [-0.3, -0.25) is 0 Å². The number of rotatable bonds is 7. The van der Waals surface area contributed by atoms with Gasteiger partial charge in [-0.25, -0.2) is 14.6 Å². The fraction of sp³-hybridized carbons (Fsp3) is 0.130. The first-order valence-electron chi connectivity index (χ1n) is 9.36. The van der Waals surface area contributed by atoms with Crippen molar-refractivity contribution in [2.24, 2.45) is 5.10 Å². The van der Waals surface area contributed by atoms with E-state index >= 15 is 0 Å². The average molecular weight is 533 g/mol. The first-order valence-corrected chi connectivity index (χ1v) is 10.4. The van der Waals surface area contributed by atoms with Crippen LogP contribution in [0, 0.1) is 16.3 Å². The van der Waals surface area contributed by atoms with E-state index in [1.165, 1.54) is 25.5 Å². The third-order valence-electron chi connectivity index (χ3n) is 4.30. The number of nitrogens with zero attached hydrogens (tertiary/aromatic N) is 1. The number of hydrazone groups is 1. The number of benzene rings is 3. The minimum Gasteiger partial charge on any atom is -0.493 e. The van der Waals surface area contributed by atoms with E-state index in [9.17, 15) is 9.18 Å². The molecular formula is C23H21FIN3O3. The number of carbonyl (C=O) groups is 1. The smallest absolute Gasteiger partial charge is 0.339 e. The second kappa shape index (κ2) is 10.8. The summed E-state index contributed by atoms with van der Waals surface area (Å²) in [6.45, 7) is 2.11. The highest BCUT2D eigenvalue weighted by Gasteiger charge is 2.12. The van der Waals surface area contributed by atoms with E-state index in [2.05, 4.69) is 38.4 Å². The van der Waals surface area contributed by atoms with Crippen LogP contribution in [0.5, 0.6) is 11.5 Å². The topological polar surface area (TPSA) is 72.0 Å². The number of methoxy groups -OCH3 is 1. The van der Waals surface area contributed by atoms with Gasteiger partial charge in [0.1, 0.15) is 12.4 Å². The maximum absolute atomic E-state index is 13.4. The van der Waals surface area contributed by atoms with Crippen LogP contribution in [0.15, 0.2) is 65.8 Å². The standard InChI is InChI=1S/C23H21FIN3O3/c1-15-6-3-4-9-20(15)27-23(29)28-26-13-17-11-19(25)22(21(12-17)30-2)31-14-16-7-5-8-18(24)10-16/h3-13H,14H2,1-2H3,(H2,27,28,29). The van der Waals surface area contributed by atoms with E-state index in [0.29, 0.717) is 22.7 Å². The lowest BCUT2D eigenvalue weighted by molar-refractivity contribution is 0.252. The molecule has 3 aromatic rings. The summed E-state index contributed by atoms with van der Waals surface area (Å²) in [6.07, 6.45) is 1.51. The summed E-state index contributed by atoms with van der Waals surface area (Å²) in [7, 11) is 1.54. The van der Waals surface area contributed by atoms with Crippen LogP contribution < -0.4 is 20.2 Å². The van der Waals surface area contributed by atoms with Crippen LogP contribution in [0.4, 0.5) is 14.9 Å². The molecule has 160 valence electrons. The van der Waals surface area contributed by atoms with E-state index < -0.39 is 6.03 Å². The van der Waals surface area contributed by atoms with Crippen molar-refractivity contribution in [3.8, 4) is 11.5 Å². The number of hydrogen-bond donors (Lipinski definition) is 2. The number of carbonyl (C=O) groups excluding carboxylic acids is 1. The Morgan fingerprint density at radius 2 is 1.97 bits per heavy atom. The number of aryl methyl sites for hydroxylation is 1. The molecule has 3 aromatic carbocycles. The highest BCUT2D eigenvalue weighted by atomic mass is 127. The Kier molecular flexibility index (Phi) is 7.82. The molecule has 3 rings (SSSR count). The normalized spacial score (nSPS) is 10.7. The number of urea groups is 1. The van der Waals surface area contributed by atoms with Gasteiger partial charge in [0, 0.05) is 5.69 Å². The van der Waals surface area contributed by atoms with Gasteiger partial charge in [-0.2, -0.15) is 5.10 Å². The number of amides is 2. The number of nitrogens with one attached hydrogen (secondary N) is 2. The molecule has 0 fully saturated rings. The molecule has 0 unspecified atom stereocenters. The summed E-state index contributed by atoms with van der Waals surface area (Å²) in [5.41, 5.74) is 5.54. The van der Waals surface area contributed by atoms with E-state index in [4.69, 9.17) is 9.47 Å². The lowest BCUT2D eigenvalue weighted by Crippen LogP contribution is -2.24. The molecular weight excluding hydrogens is 512 g/mol. The molecule has 0 aliphatic carbocycles. The summed E-state index contributed by atoms with van der Waals surface area (Å²) >= 11 is 2.13. The summed E-state index contributed by atoms with van der Waals surface area (Å²) in [6, 6.07) is 16.8. The zero-order valence-corrected chi connectivity index (χ0v) is 19.1. The van der Waals surface area contributed by atoms with E-state index in [0.717, 1.165) is 14.7 Å². The highest BCUT2D eigenvalue weighted by Crippen LogP contribution is 2.34. The molecule has 0 aliphatic heterocycles. The number of hydrogen-bond acceptors (Lipinski definition) is 4. The Morgan fingerprint density at radius 3 is 2.71 bits per heavy atom. The van der Waals surface area contributed by atoms with Crippen molar-refractivity contribution in [3.05, 3.63) is 86.7 Å². The van der Waals surface area contributed by atoms with Gasteiger partial charge >= 0.3 is 6.03 Å². The molecule has 0 aromatic heterocycles. The predicted octanol–water partition coefficient (Wildman–Crippen LogP) is 5.48. The second-order valence-electron chi connectivity index (χ2n) is 6.59. The summed E-state index contributed by atoms with van der Waals surface area (Å²) in [4.78, 5) is 12.0. The largest absolute Gasteiger partial charge is 0.493 e. The number of anilines is 1. The first kappa shape index (κ1) is 22.5. The van der Waals surface area contributed by atoms with Gasteiger partial charge in [0.15, 0.2) is 11.5 Å². The summed E-state index contributed by atoms with van der Waals surface area (Å²) in [5, 5.41) is 6.73. The third kappa shape index (κ3) is 6.42. The SMILES string of the molecule is COc1cc(C=NNC(=O)Nc2ccccc2C)cc(I)c1OCc1cccc(F)c1. The second-order valence-corrected chi connectivity index (χ2v) is 7.75. The Bertz CT molecular complexity index is 1110. The predicted molar refractivity (Wildman–Crippen MR) is 127 cm³/mol. The fourth-order valence-corrected chi connectivity index (χ4v) is 3.55. The highest BCUT2D eigenvalue weighted by molar-refractivity contribution is 14.1. The lowest BCUT2D eigenvalue weighted by Gasteiger charge is -2.13. The Balaban J connectivity index is 1.64. The molecule has 0 spiro atoms. The Morgan fingerprint density at radius 1 is 1.16 bits per heavy atom. The molecule has 2 amide bonds. The average Bonchev–Trinajstić information content (AvgIpc) is 2.74. The van der Waals surface area contributed by atoms with Crippen molar-refractivity contribution in [1.29, 1.82) is 0 Å². The van der Waals surface area contributed by atoms with Crippen molar-refractivity contribution >= 4 is 40.5 Å². The van der Waals surface area contributed by atoms with Gasteiger partial charge in [-0.05, 0) is 76.5 Å². The van der Waals surface area contributed by atoms with Crippen molar-refractivity contribution in [1.82, 2.24) is 5.43 Å². The van der Waals surface area contributed by atoms with Crippen LogP contribution in [-0.2, 0) is 6.61 Å². The third-order valence-corrected chi connectivity index (χ3v) is 5.10. The monoisotopic (exact) mass is 533 g/mol. The molecule has 2 N–H and O–H groups in total. The maximum Gasteiger partial charge on any atom is 0.339 e. The number of halogens is 2. The molecule has 31 heavy (non-hydrogen) atoms. The van der Waals surface area contributed by atoms with Crippen LogP contribution in [0.3, 0.4) is 0 Å². The minimum atomic E-state index is -0.442. The van der Waals surface area contributed by atoms with Crippen molar-refractivity contribution in [2.45, 2.75) is 13.5 Å². The fourth-order valence-electron chi connectivity index (χ4n) is 2.77. The van der Waals surface area contributed by atoms with Crippen LogP contribution in [0.2, 0.25) is 0 Å². The molecule has 0 atom stereocenters. The molecule has 0 heterocycles. The zero-order chi connectivity index (χ0) is 22.2. The van der Waals surface area contributed by atoms with E-state index in [1.807, 2.05) is 37.3 Å². The van der Waals surface area contributed by atoms with Crippen LogP contribution in [0.1, 0.15) is 16.7 Å². The molecule has 0 saturated carbocycles. The molecule has 8 heteroatoms. The maximum atomic E-state index is 13.4. The number of ether oxygens (including phenoxy) is 2. The Hall–Kier alpha value is -3.14. The summed E-state index contributed by atoms with van der Waals surface area (Å²) < 4.78 is 25.4. The van der Waals surface area contributed by atoms with Gasteiger partial charge in [0.25, 0.3) is 0 Å². The molecule has 0 radical (unpaired) electrons. The van der Waals surface area contributed by atoms with Gasteiger partial charge in [0.2, 0.25) is 0 Å². The quantitative estimate of drug-likeness (QED) is 0.240. The number of para-hydroxylation sites is 1. The Labute approximate surface area is 193 Å². The van der Waals surface area contributed by atoms with E-state index in [-0.39, 0.29) is 12.4 Å². The van der Waals surface area contributed by atoms with Crippen molar-refractivity contribution in [2.75, 3.05) is 12.4 Å². The molecule has 6 nitrogen and oxygen atoms in total. The van der Waals surface area contributed by atoms with Crippen molar-refractivity contribution in [3.63, 3.8) is 0 Å². The van der Waals surface area contributed by atoms with Crippen LogP contribution in [0.25, 0.3) is 0 Å². The van der Waals surface area contributed by atoms with Crippen LogP contribution in [-0.4, -0.2) is 19.4 Å². The molecule has 0 aliphatic rings. The van der Waals surface area contributed by atoms with Gasteiger partial charge in [0.05, 0.1) is 16.9 Å². The first-order chi connectivity index (χ1) is 15.0. The van der Waals surface area contributed by atoms with Gasteiger partial charge in [-0.1, -0.05) is 30.3 Å².